The molecule has 3 aromatic carbocycles. The molecule has 0 spiro atoms. The van der Waals surface area contributed by atoms with Crippen molar-refractivity contribution in [3.05, 3.63) is 100 Å². The molecule has 144 valence electrons. The molecule has 0 unspecified atom stereocenters. The molecule has 0 heterocycles. The number of nitrogens with one attached hydrogen (secondary N) is 1. The number of halogens is 1. The van der Waals surface area contributed by atoms with Crippen LogP contribution >= 0.6 is 23.4 Å². The maximum atomic E-state index is 12.8. The second kappa shape index (κ2) is 9.92. The highest BCUT2D eigenvalue weighted by atomic mass is 35.5. The molecule has 0 aliphatic rings. The molecule has 0 atom stereocenters. The van der Waals surface area contributed by atoms with Gasteiger partial charge in [-0.25, -0.2) is 0 Å². The number of carbonyl (C=O) groups excluding carboxylic acids is 2. The molecule has 0 aliphatic carbocycles. The van der Waals surface area contributed by atoms with E-state index in [9.17, 15) is 9.59 Å². The van der Waals surface area contributed by atoms with Gasteiger partial charge in [-0.15, -0.1) is 11.8 Å². The van der Waals surface area contributed by atoms with E-state index in [2.05, 4.69) is 11.4 Å². The number of ketones is 1. The maximum absolute atomic E-state index is 12.8. The van der Waals surface area contributed by atoms with Crippen LogP contribution < -0.4 is 5.32 Å². The smallest absolute Gasteiger partial charge is 0.234 e. The van der Waals surface area contributed by atoms with E-state index in [1.807, 2.05) is 18.2 Å². The predicted octanol–water partition coefficient (Wildman–Crippen LogP) is 5.31. The van der Waals surface area contributed by atoms with Gasteiger partial charge < -0.3 is 5.32 Å². The average molecular weight is 421 g/mol. The second-order valence-electron chi connectivity index (χ2n) is 6.23. The van der Waals surface area contributed by atoms with Gasteiger partial charge in [0.2, 0.25) is 5.91 Å². The van der Waals surface area contributed by atoms with Crippen LogP contribution in [0.5, 0.6) is 0 Å². The lowest BCUT2D eigenvalue weighted by atomic mass is 10.0. The standard InChI is InChI=1S/C23H17ClN2O2S/c24-19-10-11-21(20(12-19)23(28)18-4-2-1-3-5-18)26-22(27)15-29-14-17-8-6-16(13-25)7-9-17/h1-12H,14-15H2,(H,26,27). The summed E-state index contributed by atoms with van der Waals surface area (Å²) in [5, 5.41) is 12.1. The zero-order valence-electron chi connectivity index (χ0n) is 15.4. The Morgan fingerprint density at radius 1 is 1.00 bits per heavy atom. The van der Waals surface area contributed by atoms with Gasteiger partial charge in [-0.2, -0.15) is 5.26 Å². The Morgan fingerprint density at radius 3 is 2.41 bits per heavy atom. The Balaban J connectivity index is 1.64. The van der Waals surface area contributed by atoms with Crippen LogP contribution in [0, 0.1) is 11.3 Å². The van der Waals surface area contributed by atoms with E-state index in [1.165, 1.54) is 11.8 Å². The summed E-state index contributed by atoms with van der Waals surface area (Å²) >= 11 is 7.52. The molecule has 3 aromatic rings. The van der Waals surface area contributed by atoms with Gasteiger partial charge in [-0.05, 0) is 35.9 Å². The number of rotatable bonds is 7. The zero-order valence-corrected chi connectivity index (χ0v) is 17.0. The number of hydrogen-bond acceptors (Lipinski definition) is 4. The van der Waals surface area contributed by atoms with E-state index < -0.39 is 0 Å². The van der Waals surface area contributed by atoms with Gasteiger partial charge in [0, 0.05) is 21.9 Å². The van der Waals surface area contributed by atoms with Gasteiger partial charge in [0.05, 0.1) is 23.1 Å². The molecular weight excluding hydrogens is 404 g/mol. The number of nitrogens with zero attached hydrogens (tertiary/aromatic N) is 1. The van der Waals surface area contributed by atoms with Gasteiger partial charge in [0.15, 0.2) is 5.78 Å². The monoisotopic (exact) mass is 420 g/mol. The summed E-state index contributed by atoms with van der Waals surface area (Å²) in [4.78, 5) is 25.2. The lowest BCUT2D eigenvalue weighted by molar-refractivity contribution is -0.113. The van der Waals surface area contributed by atoms with Crippen LogP contribution in [-0.4, -0.2) is 17.4 Å². The summed E-state index contributed by atoms with van der Waals surface area (Å²) in [6, 6.07) is 23.0. The van der Waals surface area contributed by atoms with Crippen molar-refractivity contribution < 1.29 is 9.59 Å². The SMILES string of the molecule is N#Cc1ccc(CSCC(=O)Nc2ccc(Cl)cc2C(=O)c2ccccc2)cc1. The van der Waals surface area contributed by atoms with Crippen molar-refractivity contribution in [3.8, 4) is 6.07 Å². The molecule has 0 aliphatic heterocycles. The number of thioether (sulfide) groups is 1. The third kappa shape index (κ3) is 5.71. The molecule has 0 saturated heterocycles. The van der Waals surface area contributed by atoms with Crippen LogP contribution in [0.2, 0.25) is 5.02 Å². The molecule has 1 N–H and O–H groups in total. The van der Waals surface area contributed by atoms with Crippen molar-refractivity contribution in [1.82, 2.24) is 0 Å². The van der Waals surface area contributed by atoms with Gasteiger partial charge >= 0.3 is 0 Å². The van der Waals surface area contributed by atoms with Crippen LogP contribution in [-0.2, 0) is 10.5 Å². The van der Waals surface area contributed by atoms with Crippen LogP contribution in [0.25, 0.3) is 0 Å². The predicted molar refractivity (Wildman–Crippen MR) is 117 cm³/mol. The summed E-state index contributed by atoms with van der Waals surface area (Å²) in [5.74, 6) is 0.485. The first-order valence-electron chi connectivity index (χ1n) is 8.83. The van der Waals surface area contributed by atoms with Crippen molar-refractivity contribution in [2.24, 2.45) is 0 Å². The van der Waals surface area contributed by atoms with Gasteiger partial charge in [-0.1, -0.05) is 54.1 Å². The molecule has 3 rings (SSSR count). The molecular formula is C23H17ClN2O2S. The molecule has 4 nitrogen and oxygen atoms in total. The van der Waals surface area contributed by atoms with E-state index in [0.29, 0.717) is 33.2 Å². The first-order chi connectivity index (χ1) is 14.1. The third-order valence-corrected chi connectivity index (χ3v) is 5.36. The van der Waals surface area contributed by atoms with Crippen molar-refractivity contribution in [3.63, 3.8) is 0 Å². The topological polar surface area (TPSA) is 70.0 Å². The number of anilines is 1. The highest BCUT2D eigenvalue weighted by molar-refractivity contribution is 7.99. The van der Waals surface area contributed by atoms with E-state index in [-0.39, 0.29) is 17.4 Å². The molecule has 0 radical (unpaired) electrons. The Bertz CT molecular complexity index is 1060. The van der Waals surface area contributed by atoms with Gasteiger partial charge in [0.1, 0.15) is 0 Å². The fraction of sp³-hybridized carbons (Fsp3) is 0.0870. The summed E-state index contributed by atoms with van der Waals surface area (Å²) in [7, 11) is 0. The summed E-state index contributed by atoms with van der Waals surface area (Å²) in [6.07, 6.45) is 0. The minimum atomic E-state index is -0.201. The van der Waals surface area contributed by atoms with Crippen LogP contribution in [0.4, 0.5) is 5.69 Å². The third-order valence-electron chi connectivity index (χ3n) is 4.12. The number of nitriles is 1. The van der Waals surface area contributed by atoms with E-state index in [1.54, 1.807) is 54.6 Å². The zero-order chi connectivity index (χ0) is 20.6. The molecule has 0 fully saturated rings. The Hall–Kier alpha value is -3.07. The van der Waals surface area contributed by atoms with Gasteiger partial charge in [0.25, 0.3) is 0 Å². The largest absolute Gasteiger partial charge is 0.325 e. The Labute approximate surface area is 178 Å². The minimum Gasteiger partial charge on any atom is -0.325 e. The van der Waals surface area contributed by atoms with E-state index in [0.717, 1.165) is 5.56 Å². The van der Waals surface area contributed by atoms with E-state index >= 15 is 0 Å². The summed E-state index contributed by atoms with van der Waals surface area (Å²) in [5.41, 5.74) is 2.96. The minimum absolute atomic E-state index is 0.200. The van der Waals surface area contributed by atoms with Crippen molar-refractivity contribution in [1.29, 1.82) is 5.26 Å². The molecule has 0 bridgehead atoms. The number of carbonyl (C=O) groups is 2. The van der Waals surface area contributed by atoms with Crippen molar-refractivity contribution in [2.75, 3.05) is 11.1 Å². The normalized spacial score (nSPS) is 10.2. The molecule has 29 heavy (non-hydrogen) atoms. The highest BCUT2D eigenvalue weighted by Crippen LogP contribution is 2.24. The van der Waals surface area contributed by atoms with Crippen molar-refractivity contribution in [2.45, 2.75) is 5.75 Å². The fourth-order valence-corrected chi connectivity index (χ4v) is 3.64. The van der Waals surface area contributed by atoms with E-state index in [4.69, 9.17) is 16.9 Å². The maximum Gasteiger partial charge on any atom is 0.234 e. The summed E-state index contributed by atoms with van der Waals surface area (Å²) in [6.45, 7) is 0. The lowest BCUT2D eigenvalue weighted by Crippen LogP contribution is -2.17. The summed E-state index contributed by atoms with van der Waals surface area (Å²) < 4.78 is 0. The number of benzene rings is 3. The first-order valence-corrected chi connectivity index (χ1v) is 10.4. The molecule has 0 aromatic heterocycles. The van der Waals surface area contributed by atoms with Crippen LogP contribution in [0.1, 0.15) is 27.0 Å². The molecule has 1 amide bonds. The molecule has 0 saturated carbocycles. The molecule has 6 heteroatoms. The van der Waals surface area contributed by atoms with Crippen molar-refractivity contribution >= 4 is 40.7 Å². The Kier molecular flexibility index (Phi) is 7.07. The quantitative estimate of drug-likeness (QED) is 0.525. The second-order valence-corrected chi connectivity index (χ2v) is 7.66. The van der Waals surface area contributed by atoms with Crippen LogP contribution in [0.3, 0.4) is 0 Å². The fourth-order valence-electron chi connectivity index (χ4n) is 2.68. The number of hydrogen-bond donors (Lipinski definition) is 1. The highest BCUT2D eigenvalue weighted by Gasteiger charge is 2.16. The lowest BCUT2D eigenvalue weighted by Gasteiger charge is -2.11. The average Bonchev–Trinajstić information content (AvgIpc) is 2.75. The Morgan fingerprint density at radius 2 is 1.72 bits per heavy atom. The first kappa shape index (κ1) is 20.7. The van der Waals surface area contributed by atoms with Crippen LogP contribution in [0.15, 0.2) is 72.8 Å². The number of amides is 1. The van der Waals surface area contributed by atoms with Gasteiger partial charge in [-0.3, -0.25) is 9.59 Å².